The third-order valence-electron chi connectivity index (χ3n) is 3.85. The molecular formula is C14H21N3O2. The van der Waals surface area contributed by atoms with Crippen molar-refractivity contribution in [2.45, 2.75) is 51.6 Å². The summed E-state index contributed by atoms with van der Waals surface area (Å²) >= 11 is 0. The van der Waals surface area contributed by atoms with Crippen LogP contribution >= 0.6 is 0 Å². The maximum atomic E-state index is 12.5. The van der Waals surface area contributed by atoms with Gasteiger partial charge in [0, 0.05) is 24.8 Å². The van der Waals surface area contributed by atoms with Gasteiger partial charge in [0.15, 0.2) is 0 Å². The molecule has 0 aliphatic carbocycles. The lowest BCUT2D eigenvalue weighted by atomic mass is 9.99. The van der Waals surface area contributed by atoms with Gasteiger partial charge < -0.3 is 4.90 Å². The predicted octanol–water partition coefficient (Wildman–Crippen LogP) is 1.60. The van der Waals surface area contributed by atoms with Gasteiger partial charge in [0.2, 0.25) is 5.91 Å². The van der Waals surface area contributed by atoms with Gasteiger partial charge in [-0.05, 0) is 38.7 Å². The van der Waals surface area contributed by atoms with Gasteiger partial charge in [-0.2, -0.15) is 5.10 Å². The number of aromatic nitrogens is 2. The lowest BCUT2D eigenvalue weighted by Gasteiger charge is -2.36. The van der Waals surface area contributed by atoms with Crippen molar-refractivity contribution < 1.29 is 4.79 Å². The predicted molar refractivity (Wildman–Crippen MR) is 72.9 cm³/mol. The summed E-state index contributed by atoms with van der Waals surface area (Å²) in [5, 5.41) is 4.00. The lowest BCUT2D eigenvalue weighted by molar-refractivity contribution is -0.138. The second-order valence-corrected chi connectivity index (χ2v) is 5.07. The van der Waals surface area contributed by atoms with Gasteiger partial charge in [-0.15, -0.1) is 0 Å². The number of piperidine rings is 1. The van der Waals surface area contributed by atoms with Crippen LogP contribution in [0.1, 0.15) is 45.6 Å². The number of amides is 1. The second kappa shape index (κ2) is 5.99. The number of carbonyl (C=O) groups excluding carboxylic acids is 1. The van der Waals surface area contributed by atoms with Crippen LogP contribution in [0.2, 0.25) is 0 Å². The Hall–Kier alpha value is -1.65. The third-order valence-corrected chi connectivity index (χ3v) is 3.85. The Labute approximate surface area is 113 Å². The van der Waals surface area contributed by atoms with E-state index in [4.69, 9.17) is 0 Å². The van der Waals surface area contributed by atoms with Gasteiger partial charge in [-0.25, -0.2) is 4.68 Å². The van der Waals surface area contributed by atoms with Crippen molar-refractivity contribution >= 4 is 5.91 Å². The highest BCUT2D eigenvalue weighted by atomic mass is 16.2. The molecule has 1 aliphatic heterocycles. The summed E-state index contributed by atoms with van der Waals surface area (Å²) in [5.74, 6) is 0.00681. The molecule has 5 heteroatoms. The molecule has 1 aromatic heterocycles. The molecule has 1 saturated heterocycles. The summed E-state index contributed by atoms with van der Waals surface area (Å²) in [6.45, 7) is 4.65. The van der Waals surface area contributed by atoms with Gasteiger partial charge in [-0.1, -0.05) is 6.92 Å². The van der Waals surface area contributed by atoms with E-state index in [1.54, 1.807) is 19.2 Å². The van der Waals surface area contributed by atoms with Crippen LogP contribution in [0.3, 0.4) is 0 Å². The monoisotopic (exact) mass is 263 g/mol. The van der Waals surface area contributed by atoms with Crippen molar-refractivity contribution in [2.24, 2.45) is 0 Å². The molecule has 19 heavy (non-hydrogen) atoms. The number of likely N-dealkylation sites (tertiary alicyclic amines) is 1. The highest BCUT2D eigenvalue weighted by Crippen LogP contribution is 2.22. The summed E-state index contributed by atoms with van der Waals surface area (Å²) in [4.78, 5) is 26.2. The SMILES string of the molecule is CCC1CCCCN1C(=O)C(C)n1ncccc1=O. The Bertz CT molecular complexity index is 497. The topological polar surface area (TPSA) is 55.2 Å². The molecule has 2 heterocycles. The molecule has 0 radical (unpaired) electrons. The summed E-state index contributed by atoms with van der Waals surface area (Å²) in [7, 11) is 0. The van der Waals surface area contributed by atoms with Crippen LogP contribution in [0.5, 0.6) is 0 Å². The minimum atomic E-state index is -0.527. The van der Waals surface area contributed by atoms with Gasteiger partial charge in [-0.3, -0.25) is 9.59 Å². The van der Waals surface area contributed by atoms with E-state index >= 15 is 0 Å². The van der Waals surface area contributed by atoms with Crippen LogP contribution in [0.25, 0.3) is 0 Å². The van der Waals surface area contributed by atoms with Crippen molar-refractivity contribution in [3.05, 3.63) is 28.7 Å². The molecule has 2 unspecified atom stereocenters. The fraction of sp³-hybridized carbons (Fsp3) is 0.643. The van der Waals surface area contributed by atoms with Gasteiger partial charge >= 0.3 is 0 Å². The maximum Gasteiger partial charge on any atom is 0.267 e. The highest BCUT2D eigenvalue weighted by molar-refractivity contribution is 5.80. The summed E-state index contributed by atoms with van der Waals surface area (Å²) in [6.07, 6.45) is 5.80. The van der Waals surface area contributed by atoms with Crippen LogP contribution in [0.4, 0.5) is 0 Å². The minimum absolute atomic E-state index is 0.00681. The Kier molecular flexibility index (Phi) is 4.35. The molecule has 0 bridgehead atoms. The molecule has 0 spiro atoms. The molecule has 1 aromatic rings. The molecule has 0 aromatic carbocycles. The van der Waals surface area contributed by atoms with Crippen molar-refractivity contribution in [3.63, 3.8) is 0 Å². The third kappa shape index (κ3) is 2.85. The van der Waals surface area contributed by atoms with Crippen molar-refractivity contribution in [1.29, 1.82) is 0 Å². The fourth-order valence-electron chi connectivity index (χ4n) is 2.72. The number of nitrogens with zero attached hydrogens (tertiary/aromatic N) is 3. The van der Waals surface area contributed by atoms with Crippen LogP contribution in [-0.2, 0) is 4.79 Å². The van der Waals surface area contributed by atoms with Gasteiger partial charge in [0.1, 0.15) is 6.04 Å². The van der Waals surface area contributed by atoms with E-state index in [1.807, 2.05) is 4.90 Å². The van der Waals surface area contributed by atoms with E-state index in [9.17, 15) is 9.59 Å². The Morgan fingerprint density at radius 3 is 3.00 bits per heavy atom. The standard InChI is InChI=1S/C14H21N3O2/c1-3-12-7-4-5-10-16(12)14(19)11(2)17-13(18)8-6-9-15-17/h6,8-9,11-12H,3-5,7,10H2,1-2H3. The average molecular weight is 263 g/mol. The minimum Gasteiger partial charge on any atom is -0.338 e. The molecule has 0 saturated carbocycles. The number of hydrogen-bond donors (Lipinski definition) is 0. The van der Waals surface area contributed by atoms with Crippen molar-refractivity contribution in [2.75, 3.05) is 6.54 Å². The summed E-state index contributed by atoms with van der Waals surface area (Å²) < 4.78 is 1.27. The zero-order valence-electron chi connectivity index (χ0n) is 11.6. The van der Waals surface area contributed by atoms with Crippen LogP contribution in [0, 0.1) is 0 Å². The second-order valence-electron chi connectivity index (χ2n) is 5.07. The van der Waals surface area contributed by atoms with Crippen molar-refractivity contribution in [3.8, 4) is 0 Å². The van der Waals surface area contributed by atoms with Crippen LogP contribution in [-0.4, -0.2) is 33.2 Å². The summed E-state index contributed by atoms with van der Waals surface area (Å²) in [5.41, 5.74) is -0.228. The molecule has 104 valence electrons. The molecule has 1 amide bonds. The Morgan fingerprint density at radius 1 is 1.53 bits per heavy atom. The Balaban J connectivity index is 2.19. The molecule has 0 N–H and O–H groups in total. The zero-order chi connectivity index (χ0) is 13.8. The fourth-order valence-corrected chi connectivity index (χ4v) is 2.72. The van der Waals surface area contributed by atoms with Gasteiger partial charge in [0.05, 0.1) is 0 Å². The largest absolute Gasteiger partial charge is 0.338 e. The van der Waals surface area contributed by atoms with E-state index in [-0.39, 0.29) is 11.5 Å². The normalized spacial score (nSPS) is 21.2. The van der Waals surface area contributed by atoms with E-state index in [2.05, 4.69) is 12.0 Å². The van der Waals surface area contributed by atoms with E-state index < -0.39 is 6.04 Å². The molecule has 2 atom stereocenters. The zero-order valence-corrected chi connectivity index (χ0v) is 11.6. The molecule has 2 rings (SSSR count). The molecule has 1 aliphatic rings. The Morgan fingerprint density at radius 2 is 2.32 bits per heavy atom. The molecule has 5 nitrogen and oxygen atoms in total. The van der Waals surface area contributed by atoms with E-state index in [0.717, 1.165) is 25.8 Å². The van der Waals surface area contributed by atoms with Gasteiger partial charge in [0.25, 0.3) is 5.56 Å². The van der Waals surface area contributed by atoms with Crippen molar-refractivity contribution in [1.82, 2.24) is 14.7 Å². The van der Waals surface area contributed by atoms with Crippen LogP contribution < -0.4 is 5.56 Å². The summed E-state index contributed by atoms with van der Waals surface area (Å²) in [6, 6.07) is 2.81. The van der Waals surface area contributed by atoms with E-state index in [0.29, 0.717) is 6.04 Å². The van der Waals surface area contributed by atoms with E-state index in [1.165, 1.54) is 17.2 Å². The highest BCUT2D eigenvalue weighted by Gasteiger charge is 2.29. The molecular weight excluding hydrogens is 242 g/mol. The number of rotatable bonds is 3. The number of carbonyl (C=O) groups is 1. The first-order valence-corrected chi connectivity index (χ1v) is 6.99. The average Bonchev–Trinajstić information content (AvgIpc) is 2.46. The van der Waals surface area contributed by atoms with Crippen LogP contribution in [0.15, 0.2) is 23.1 Å². The molecule has 1 fully saturated rings. The maximum absolute atomic E-state index is 12.5. The number of hydrogen-bond acceptors (Lipinski definition) is 3. The quantitative estimate of drug-likeness (QED) is 0.832. The first-order valence-electron chi connectivity index (χ1n) is 6.99. The first-order chi connectivity index (χ1) is 9.15. The first kappa shape index (κ1) is 13.8. The lowest BCUT2D eigenvalue weighted by Crippen LogP contribution is -2.47. The smallest absolute Gasteiger partial charge is 0.267 e.